The molecule has 2 aromatic carbocycles. The van der Waals surface area contributed by atoms with E-state index < -0.39 is 23.0 Å². The van der Waals surface area contributed by atoms with Gasteiger partial charge in [-0.15, -0.1) is 0 Å². The molecule has 2 rings (SSSR count). The maximum absolute atomic E-state index is 13.1. The Bertz CT molecular complexity index is 1020. The van der Waals surface area contributed by atoms with Crippen molar-refractivity contribution in [2.24, 2.45) is 0 Å². The van der Waals surface area contributed by atoms with Gasteiger partial charge in [-0.1, -0.05) is 12.1 Å². The Morgan fingerprint density at radius 1 is 0.929 bits per heavy atom. The van der Waals surface area contributed by atoms with E-state index in [0.29, 0.717) is 11.8 Å². The molecular formula is C19H11F3N4O2. The summed E-state index contributed by atoms with van der Waals surface area (Å²) in [6, 6.07) is 13.6. The summed E-state index contributed by atoms with van der Waals surface area (Å²) in [6.45, 7) is 0. The lowest BCUT2D eigenvalue weighted by Gasteiger charge is -2.16. The Morgan fingerprint density at radius 2 is 1.57 bits per heavy atom. The van der Waals surface area contributed by atoms with Crippen LogP contribution in [0.25, 0.3) is 0 Å². The van der Waals surface area contributed by atoms with E-state index in [9.17, 15) is 13.2 Å². The molecule has 0 fully saturated rings. The fraction of sp³-hybridized carbons (Fsp3) is 0.105. The molecule has 6 nitrogen and oxygen atoms in total. The molecule has 0 aliphatic heterocycles. The summed E-state index contributed by atoms with van der Waals surface area (Å²) in [5.74, 6) is 0.482. The molecule has 0 aliphatic rings. The molecule has 2 aromatic rings. The highest BCUT2D eigenvalue weighted by Crippen LogP contribution is 2.39. The topological polar surface area (TPSA) is 102 Å². The van der Waals surface area contributed by atoms with Gasteiger partial charge in [-0.05, 0) is 30.3 Å². The number of nitrogens with zero attached hydrogens (tertiary/aromatic N) is 3. The summed E-state index contributed by atoms with van der Waals surface area (Å²) in [6.07, 6.45) is -4.65. The van der Waals surface area contributed by atoms with Gasteiger partial charge in [0.2, 0.25) is 0 Å². The summed E-state index contributed by atoms with van der Waals surface area (Å²) in [4.78, 5) is 0. The Hall–Kier alpha value is -4.16. The number of para-hydroxylation sites is 2. The lowest BCUT2D eigenvalue weighted by Crippen LogP contribution is -2.08. The third-order valence-corrected chi connectivity index (χ3v) is 3.44. The van der Waals surface area contributed by atoms with Crippen molar-refractivity contribution in [1.82, 2.24) is 0 Å². The lowest BCUT2D eigenvalue weighted by atomic mass is 10.1. The number of benzene rings is 2. The zero-order chi connectivity index (χ0) is 20.7. The number of rotatable bonds is 5. The minimum atomic E-state index is -4.65. The highest BCUT2D eigenvalue weighted by molar-refractivity contribution is 5.66. The molecule has 0 amide bonds. The second kappa shape index (κ2) is 8.48. The SMILES string of the molecule is COc1ccccc1Oc1ccc(C(F)(F)F)cc1NC(C#N)=C(C#N)C#N. The number of nitriles is 3. The number of alkyl halides is 3. The van der Waals surface area contributed by atoms with Crippen molar-refractivity contribution >= 4 is 5.69 Å². The summed E-state index contributed by atoms with van der Waals surface area (Å²) < 4.78 is 50.0. The van der Waals surface area contributed by atoms with E-state index in [1.54, 1.807) is 24.3 Å². The van der Waals surface area contributed by atoms with Crippen molar-refractivity contribution in [2.75, 3.05) is 12.4 Å². The standard InChI is InChI=1S/C19H11F3N4O2/c1-27-17-4-2-3-5-18(17)28-16-7-6-13(19(20,21)22)8-14(16)26-15(11-25)12(9-23)10-24/h2-8,26H,1H3. The fourth-order valence-electron chi connectivity index (χ4n) is 2.13. The molecule has 0 unspecified atom stereocenters. The van der Waals surface area contributed by atoms with Crippen LogP contribution in [0.3, 0.4) is 0 Å². The molecule has 28 heavy (non-hydrogen) atoms. The van der Waals surface area contributed by atoms with Crippen LogP contribution in [-0.4, -0.2) is 7.11 Å². The van der Waals surface area contributed by atoms with Crippen LogP contribution < -0.4 is 14.8 Å². The monoisotopic (exact) mass is 384 g/mol. The molecule has 0 spiro atoms. The Balaban J connectivity index is 2.58. The first-order valence-corrected chi connectivity index (χ1v) is 7.57. The van der Waals surface area contributed by atoms with Crippen molar-refractivity contribution in [1.29, 1.82) is 15.8 Å². The van der Waals surface area contributed by atoms with Gasteiger partial charge in [-0.25, -0.2) is 0 Å². The number of hydrogen-bond acceptors (Lipinski definition) is 6. The zero-order valence-electron chi connectivity index (χ0n) is 14.3. The summed E-state index contributed by atoms with van der Waals surface area (Å²) in [5, 5.41) is 29.4. The van der Waals surface area contributed by atoms with Crippen molar-refractivity contribution in [2.45, 2.75) is 6.18 Å². The average molecular weight is 384 g/mol. The summed E-state index contributed by atoms with van der Waals surface area (Å²) >= 11 is 0. The van der Waals surface area contributed by atoms with E-state index in [-0.39, 0.29) is 17.2 Å². The molecule has 9 heteroatoms. The largest absolute Gasteiger partial charge is 0.493 e. The molecule has 1 N–H and O–H groups in total. The van der Waals surface area contributed by atoms with E-state index in [0.717, 1.165) is 12.1 Å². The first-order chi connectivity index (χ1) is 13.3. The number of ether oxygens (including phenoxy) is 2. The second-order valence-electron chi connectivity index (χ2n) is 5.17. The van der Waals surface area contributed by atoms with Crippen LogP contribution in [0.1, 0.15) is 5.56 Å². The van der Waals surface area contributed by atoms with Crippen LogP contribution in [0.2, 0.25) is 0 Å². The van der Waals surface area contributed by atoms with Crippen molar-refractivity contribution in [3.63, 3.8) is 0 Å². The molecule has 140 valence electrons. The zero-order valence-corrected chi connectivity index (χ0v) is 14.3. The number of halogens is 3. The molecule has 0 aromatic heterocycles. The maximum atomic E-state index is 13.1. The summed E-state index contributed by atoms with van der Waals surface area (Å²) in [7, 11) is 1.40. The van der Waals surface area contributed by atoms with E-state index in [1.165, 1.54) is 25.3 Å². The number of methoxy groups -OCH3 is 1. The predicted molar refractivity (Wildman–Crippen MR) is 92.0 cm³/mol. The first-order valence-electron chi connectivity index (χ1n) is 7.57. The normalized spacial score (nSPS) is 10.0. The molecule has 0 atom stereocenters. The van der Waals surface area contributed by atoms with E-state index in [4.69, 9.17) is 25.3 Å². The van der Waals surface area contributed by atoms with E-state index in [1.807, 2.05) is 0 Å². The summed E-state index contributed by atoms with van der Waals surface area (Å²) in [5.41, 5.74) is -2.34. The van der Waals surface area contributed by atoms with Crippen LogP contribution in [0.5, 0.6) is 17.2 Å². The second-order valence-corrected chi connectivity index (χ2v) is 5.17. The molecule has 0 heterocycles. The highest BCUT2D eigenvalue weighted by atomic mass is 19.4. The van der Waals surface area contributed by atoms with Crippen molar-refractivity contribution in [3.05, 3.63) is 59.3 Å². The van der Waals surface area contributed by atoms with Gasteiger partial charge in [0.1, 0.15) is 23.9 Å². The van der Waals surface area contributed by atoms with Gasteiger partial charge in [-0.2, -0.15) is 29.0 Å². The average Bonchev–Trinajstić information content (AvgIpc) is 2.68. The third-order valence-electron chi connectivity index (χ3n) is 3.44. The Labute approximate surface area is 158 Å². The van der Waals surface area contributed by atoms with Crippen molar-refractivity contribution in [3.8, 4) is 35.5 Å². The van der Waals surface area contributed by atoms with Crippen molar-refractivity contribution < 1.29 is 22.6 Å². The maximum Gasteiger partial charge on any atom is 0.416 e. The van der Waals surface area contributed by atoms with Gasteiger partial charge in [0.05, 0.1) is 18.4 Å². The molecule has 0 aliphatic carbocycles. The number of nitrogens with one attached hydrogen (secondary N) is 1. The van der Waals surface area contributed by atoms with Gasteiger partial charge in [-0.3, -0.25) is 0 Å². The van der Waals surface area contributed by atoms with Crippen LogP contribution >= 0.6 is 0 Å². The van der Waals surface area contributed by atoms with Gasteiger partial charge < -0.3 is 14.8 Å². The molecule has 0 bridgehead atoms. The van der Waals surface area contributed by atoms with Gasteiger partial charge in [0.15, 0.2) is 22.8 Å². The number of hydrogen-bond donors (Lipinski definition) is 1. The third kappa shape index (κ3) is 4.51. The fourth-order valence-corrected chi connectivity index (χ4v) is 2.13. The van der Waals surface area contributed by atoms with Crippen LogP contribution in [0, 0.1) is 34.0 Å². The minimum absolute atomic E-state index is 0.0690. The Morgan fingerprint density at radius 3 is 2.11 bits per heavy atom. The van der Waals surface area contributed by atoms with Gasteiger partial charge in [0, 0.05) is 0 Å². The molecule has 0 saturated carbocycles. The number of allylic oxidation sites excluding steroid dienone is 2. The minimum Gasteiger partial charge on any atom is -0.493 e. The van der Waals surface area contributed by atoms with Gasteiger partial charge >= 0.3 is 6.18 Å². The molecule has 0 radical (unpaired) electrons. The van der Waals surface area contributed by atoms with Gasteiger partial charge in [0.25, 0.3) is 0 Å². The predicted octanol–water partition coefficient (Wildman–Crippen LogP) is 4.74. The smallest absolute Gasteiger partial charge is 0.416 e. The first kappa shape index (κ1) is 20.2. The quantitative estimate of drug-likeness (QED) is 0.747. The number of anilines is 1. The molecule has 0 saturated heterocycles. The van der Waals surface area contributed by atoms with E-state index in [2.05, 4.69) is 5.32 Å². The van der Waals surface area contributed by atoms with E-state index >= 15 is 0 Å². The lowest BCUT2D eigenvalue weighted by molar-refractivity contribution is -0.137. The molecular weight excluding hydrogens is 373 g/mol. The Kier molecular flexibility index (Phi) is 6.11. The highest BCUT2D eigenvalue weighted by Gasteiger charge is 2.31. The van der Waals surface area contributed by atoms with Crippen LogP contribution in [0.15, 0.2) is 53.7 Å². The van der Waals surface area contributed by atoms with Crippen LogP contribution in [0.4, 0.5) is 18.9 Å². The van der Waals surface area contributed by atoms with Crippen LogP contribution in [-0.2, 0) is 6.18 Å².